The second kappa shape index (κ2) is 9.21. The van der Waals surface area contributed by atoms with E-state index >= 15 is 0 Å². The van der Waals surface area contributed by atoms with Crippen molar-refractivity contribution >= 4 is 15.9 Å². The number of carbonyl (C=O) groups excluding carboxylic acids is 1. The van der Waals surface area contributed by atoms with Crippen LogP contribution >= 0.6 is 0 Å². The summed E-state index contributed by atoms with van der Waals surface area (Å²) in [6.45, 7) is 2.86. The Hall–Kier alpha value is -1.58. The molecule has 6 nitrogen and oxygen atoms in total. The number of sulfonamides is 1. The number of rotatable bonds is 10. The van der Waals surface area contributed by atoms with Crippen molar-refractivity contribution in [3.05, 3.63) is 29.8 Å². The Kier molecular flexibility index (Phi) is 7.91. The standard InChI is InChI=1S/C16H25F2N3O3S/c1-3-9-21(10-4-2)25(23,24)14-7-5-13(6-8-14)15(22)20-12-16(17,18)11-19/h5-8H,3-4,9-12,19H2,1-2H3,(H,20,22). The van der Waals surface area contributed by atoms with Crippen LogP contribution < -0.4 is 11.1 Å². The number of alkyl halides is 2. The highest BCUT2D eigenvalue weighted by Crippen LogP contribution is 2.17. The number of nitrogens with one attached hydrogen (secondary N) is 1. The first-order valence-corrected chi connectivity index (χ1v) is 9.58. The molecule has 1 rings (SSSR count). The van der Waals surface area contributed by atoms with Crippen LogP contribution in [0.2, 0.25) is 0 Å². The van der Waals surface area contributed by atoms with Crippen molar-refractivity contribution < 1.29 is 22.0 Å². The number of carbonyl (C=O) groups is 1. The Balaban J connectivity index is 2.89. The zero-order chi connectivity index (χ0) is 19.1. The van der Waals surface area contributed by atoms with Gasteiger partial charge in [-0.1, -0.05) is 13.8 Å². The minimum atomic E-state index is -3.64. The molecule has 0 saturated carbocycles. The lowest BCUT2D eigenvalue weighted by atomic mass is 10.2. The van der Waals surface area contributed by atoms with Crippen molar-refractivity contribution in [2.24, 2.45) is 5.73 Å². The third-order valence-corrected chi connectivity index (χ3v) is 5.42. The van der Waals surface area contributed by atoms with Crippen molar-refractivity contribution in [3.63, 3.8) is 0 Å². The zero-order valence-corrected chi connectivity index (χ0v) is 15.3. The average Bonchev–Trinajstić information content (AvgIpc) is 2.59. The van der Waals surface area contributed by atoms with Crippen LogP contribution in [0.5, 0.6) is 0 Å². The van der Waals surface area contributed by atoms with E-state index in [0.29, 0.717) is 25.9 Å². The van der Waals surface area contributed by atoms with Crippen molar-refractivity contribution in [2.45, 2.75) is 37.5 Å². The van der Waals surface area contributed by atoms with Gasteiger partial charge < -0.3 is 11.1 Å². The van der Waals surface area contributed by atoms with Crippen molar-refractivity contribution in [1.82, 2.24) is 9.62 Å². The van der Waals surface area contributed by atoms with E-state index in [-0.39, 0.29) is 10.5 Å². The van der Waals surface area contributed by atoms with Gasteiger partial charge in [-0.3, -0.25) is 4.79 Å². The minimum absolute atomic E-state index is 0.0678. The molecule has 0 aromatic heterocycles. The zero-order valence-electron chi connectivity index (χ0n) is 14.5. The Morgan fingerprint density at radius 2 is 1.68 bits per heavy atom. The highest BCUT2D eigenvalue weighted by atomic mass is 32.2. The lowest BCUT2D eigenvalue weighted by molar-refractivity contribution is 0.0118. The number of halogens is 2. The summed E-state index contributed by atoms with van der Waals surface area (Å²) < 4.78 is 52.7. The number of hydrogen-bond acceptors (Lipinski definition) is 4. The largest absolute Gasteiger partial charge is 0.346 e. The van der Waals surface area contributed by atoms with Crippen molar-refractivity contribution in [2.75, 3.05) is 26.2 Å². The first-order chi connectivity index (χ1) is 11.7. The van der Waals surface area contributed by atoms with E-state index in [1.165, 1.54) is 28.6 Å². The van der Waals surface area contributed by atoms with E-state index in [9.17, 15) is 22.0 Å². The molecule has 0 spiro atoms. The number of nitrogens with zero attached hydrogens (tertiary/aromatic N) is 1. The van der Waals surface area contributed by atoms with Gasteiger partial charge in [-0.25, -0.2) is 17.2 Å². The van der Waals surface area contributed by atoms with Crippen LogP contribution in [0.15, 0.2) is 29.2 Å². The lowest BCUT2D eigenvalue weighted by Gasteiger charge is -2.21. The van der Waals surface area contributed by atoms with Crippen LogP contribution in [-0.2, 0) is 10.0 Å². The Bertz CT molecular complexity index is 658. The molecule has 0 unspecified atom stereocenters. The molecule has 1 aromatic carbocycles. The fraction of sp³-hybridized carbons (Fsp3) is 0.562. The molecule has 0 bridgehead atoms. The maximum atomic E-state index is 13.1. The molecule has 3 N–H and O–H groups in total. The average molecular weight is 377 g/mol. The van der Waals surface area contributed by atoms with Crippen LogP contribution in [0.25, 0.3) is 0 Å². The van der Waals surface area contributed by atoms with Gasteiger partial charge in [0.25, 0.3) is 11.8 Å². The smallest absolute Gasteiger partial charge is 0.277 e. The lowest BCUT2D eigenvalue weighted by Crippen LogP contribution is -2.41. The van der Waals surface area contributed by atoms with E-state index in [4.69, 9.17) is 5.73 Å². The first kappa shape index (κ1) is 21.5. The fourth-order valence-electron chi connectivity index (χ4n) is 2.16. The number of benzene rings is 1. The molecule has 0 heterocycles. The first-order valence-electron chi connectivity index (χ1n) is 8.14. The number of amides is 1. The maximum Gasteiger partial charge on any atom is 0.277 e. The summed E-state index contributed by atoms with van der Waals surface area (Å²) in [6, 6.07) is 5.23. The summed E-state index contributed by atoms with van der Waals surface area (Å²) in [5, 5.41) is 2.08. The summed E-state index contributed by atoms with van der Waals surface area (Å²) in [7, 11) is -3.64. The van der Waals surface area contributed by atoms with Gasteiger partial charge in [0.1, 0.15) is 0 Å². The third-order valence-electron chi connectivity index (χ3n) is 3.51. The molecule has 9 heteroatoms. The summed E-state index contributed by atoms with van der Waals surface area (Å²) >= 11 is 0. The molecule has 142 valence electrons. The molecule has 1 amide bonds. The Morgan fingerprint density at radius 3 is 2.12 bits per heavy atom. The molecular weight excluding hydrogens is 352 g/mol. The molecular formula is C16H25F2N3O3S. The van der Waals surface area contributed by atoms with Gasteiger partial charge in [0.05, 0.1) is 18.0 Å². The van der Waals surface area contributed by atoms with Gasteiger partial charge in [-0.05, 0) is 37.1 Å². The second-order valence-corrected chi connectivity index (χ2v) is 7.61. The SMILES string of the molecule is CCCN(CCC)S(=O)(=O)c1ccc(C(=O)NCC(F)(F)CN)cc1. The van der Waals surface area contributed by atoms with Crippen LogP contribution in [-0.4, -0.2) is 50.7 Å². The van der Waals surface area contributed by atoms with Gasteiger partial charge in [0, 0.05) is 18.7 Å². The molecule has 0 radical (unpaired) electrons. The molecule has 1 aromatic rings. The van der Waals surface area contributed by atoms with Gasteiger partial charge in [-0.15, -0.1) is 0 Å². The fourth-order valence-corrected chi connectivity index (χ4v) is 3.79. The molecule has 0 atom stereocenters. The predicted molar refractivity (Wildman–Crippen MR) is 92.1 cm³/mol. The maximum absolute atomic E-state index is 13.1. The van der Waals surface area contributed by atoms with Gasteiger partial charge in [-0.2, -0.15) is 4.31 Å². The summed E-state index contributed by atoms with van der Waals surface area (Å²) in [4.78, 5) is 11.9. The normalized spacial score (nSPS) is 12.4. The molecule has 0 aliphatic carbocycles. The van der Waals surface area contributed by atoms with Gasteiger partial charge in [0.15, 0.2) is 0 Å². The Labute approximate surface area is 147 Å². The van der Waals surface area contributed by atoms with Crippen LogP contribution in [0, 0.1) is 0 Å². The highest BCUT2D eigenvalue weighted by Gasteiger charge is 2.27. The quantitative estimate of drug-likeness (QED) is 0.651. The third kappa shape index (κ3) is 6.02. The van der Waals surface area contributed by atoms with Crippen LogP contribution in [0.4, 0.5) is 8.78 Å². The summed E-state index contributed by atoms with van der Waals surface area (Å²) in [5.74, 6) is -3.89. The number of hydrogen-bond donors (Lipinski definition) is 2. The van der Waals surface area contributed by atoms with Gasteiger partial charge >= 0.3 is 0 Å². The summed E-state index contributed by atoms with van der Waals surface area (Å²) in [5.41, 5.74) is 5.01. The number of nitrogens with two attached hydrogens (primary N) is 1. The molecule has 0 aliphatic heterocycles. The predicted octanol–water partition coefficient (Wildman–Crippen LogP) is 1.82. The molecule has 0 aliphatic rings. The van der Waals surface area contributed by atoms with Crippen LogP contribution in [0.3, 0.4) is 0 Å². The second-order valence-electron chi connectivity index (χ2n) is 5.67. The minimum Gasteiger partial charge on any atom is -0.346 e. The van der Waals surface area contributed by atoms with Crippen molar-refractivity contribution in [1.29, 1.82) is 0 Å². The monoisotopic (exact) mass is 377 g/mol. The van der Waals surface area contributed by atoms with E-state index in [1.54, 1.807) is 0 Å². The topological polar surface area (TPSA) is 92.5 Å². The van der Waals surface area contributed by atoms with Gasteiger partial charge in [0.2, 0.25) is 10.0 Å². The molecule has 25 heavy (non-hydrogen) atoms. The van der Waals surface area contributed by atoms with E-state index in [2.05, 4.69) is 5.32 Å². The highest BCUT2D eigenvalue weighted by molar-refractivity contribution is 7.89. The van der Waals surface area contributed by atoms with E-state index in [1.807, 2.05) is 13.8 Å². The van der Waals surface area contributed by atoms with Crippen LogP contribution in [0.1, 0.15) is 37.0 Å². The van der Waals surface area contributed by atoms with Crippen molar-refractivity contribution in [3.8, 4) is 0 Å². The molecule has 0 saturated heterocycles. The van der Waals surface area contributed by atoms with E-state index < -0.39 is 34.9 Å². The van der Waals surface area contributed by atoms with E-state index in [0.717, 1.165) is 0 Å². The molecule has 0 fully saturated rings. The summed E-state index contributed by atoms with van der Waals surface area (Å²) in [6.07, 6.45) is 1.38. The Morgan fingerprint density at radius 1 is 1.16 bits per heavy atom.